The average molecular weight is 282 g/mol. The summed E-state index contributed by atoms with van der Waals surface area (Å²) in [5.74, 6) is 0.398. The van der Waals surface area contributed by atoms with Crippen LogP contribution in [0.4, 0.5) is 5.69 Å². The Balaban J connectivity index is 2.18. The van der Waals surface area contributed by atoms with Gasteiger partial charge in [0.15, 0.2) is 0 Å². The number of rotatable bonds is 4. The predicted octanol–water partition coefficient (Wildman–Crippen LogP) is 2.83. The third-order valence-corrected chi connectivity index (χ3v) is 3.14. The molecule has 0 radical (unpaired) electrons. The van der Waals surface area contributed by atoms with Crippen molar-refractivity contribution in [3.05, 3.63) is 41.9 Å². The maximum Gasteiger partial charge on any atom is 0.234 e. The maximum absolute atomic E-state index is 11.4. The Morgan fingerprint density at radius 1 is 1.56 bits per heavy atom. The molecule has 1 N–H and O–H groups in total. The first kappa shape index (κ1) is 13.0. The highest BCUT2D eigenvalue weighted by molar-refractivity contribution is 7.99. The zero-order valence-electron chi connectivity index (χ0n) is 9.76. The van der Waals surface area contributed by atoms with Crippen LogP contribution in [0.2, 0.25) is 5.02 Å². The number of carbonyl (C=O) groups excluding carboxylic acids is 1. The molecule has 0 fully saturated rings. The predicted molar refractivity (Wildman–Crippen MR) is 75.6 cm³/mol. The first-order valence-corrected chi connectivity index (χ1v) is 7.04. The summed E-state index contributed by atoms with van der Waals surface area (Å²) in [5, 5.41) is 3.35. The van der Waals surface area contributed by atoms with Crippen molar-refractivity contribution in [3.8, 4) is 5.69 Å². The zero-order valence-corrected chi connectivity index (χ0v) is 11.3. The molecule has 0 spiro atoms. The quantitative estimate of drug-likeness (QED) is 0.937. The van der Waals surface area contributed by atoms with Crippen molar-refractivity contribution in [2.75, 3.05) is 17.3 Å². The third-order valence-electron chi connectivity index (χ3n) is 2.29. The van der Waals surface area contributed by atoms with Crippen molar-refractivity contribution in [1.82, 2.24) is 9.55 Å². The van der Waals surface area contributed by atoms with Gasteiger partial charge in [-0.3, -0.25) is 4.79 Å². The fourth-order valence-electron chi connectivity index (χ4n) is 1.52. The molecule has 2 aromatic rings. The van der Waals surface area contributed by atoms with Gasteiger partial charge in [0, 0.05) is 18.1 Å². The fraction of sp³-hybridized carbons (Fsp3) is 0.167. The smallest absolute Gasteiger partial charge is 0.234 e. The number of hydrogen-bond acceptors (Lipinski definition) is 3. The van der Waals surface area contributed by atoms with E-state index in [1.165, 1.54) is 11.8 Å². The normalized spacial score (nSPS) is 10.3. The van der Waals surface area contributed by atoms with E-state index in [4.69, 9.17) is 11.6 Å². The Morgan fingerprint density at radius 2 is 2.39 bits per heavy atom. The number of benzene rings is 1. The SMILES string of the molecule is CSCC(=O)Nc1ccc(-n2ccnc2)c(Cl)c1. The van der Waals surface area contributed by atoms with Crippen LogP contribution in [0.15, 0.2) is 36.9 Å². The number of halogens is 1. The Labute approximate surface area is 114 Å². The number of anilines is 1. The van der Waals surface area contributed by atoms with E-state index in [9.17, 15) is 4.79 Å². The van der Waals surface area contributed by atoms with Crippen LogP contribution in [-0.2, 0) is 4.79 Å². The first-order valence-electron chi connectivity index (χ1n) is 5.27. The van der Waals surface area contributed by atoms with Gasteiger partial charge in [-0.05, 0) is 24.5 Å². The summed E-state index contributed by atoms with van der Waals surface area (Å²) >= 11 is 7.65. The number of nitrogens with one attached hydrogen (secondary N) is 1. The van der Waals surface area contributed by atoms with E-state index in [1.807, 2.05) is 29.2 Å². The highest BCUT2D eigenvalue weighted by Gasteiger charge is 2.06. The van der Waals surface area contributed by atoms with Crippen LogP contribution >= 0.6 is 23.4 Å². The van der Waals surface area contributed by atoms with E-state index >= 15 is 0 Å². The minimum absolute atomic E-state index is 0.0334. The monoisotopic (exact) mass is 281 g/mol. The number of aromatic nitrogens is 2. The molecule has 2 rings (SSSR count). The number of carbonyl (C=O) groups is 1. The third kappa shape index (κ3) is 3.05. The van der Waals surface area contributed by atoms with Gasteiger partial charge >= 0.3 is 0 Å². The van der Waals surface area contributed by atoms with Gasteiger partial charge in [-0.1, -0.05) is 11.6 Å². The molecule has 0 bridgehead atoms. The van der Waals surface area contributed by atoms with Crippen LogP contribution in [0.25, 0.3) is 5.69 Å². The number of thioether (sulfide) groups is 1. The summed E-state index contributed by atoms with van der Waals surface area (Å²) in [6, 6.07) is 5.40. The van der Waals surface area contributed by atoms with Crippen molar-refractivity contribution >= 4 is 35.0 Å². The lowest BCUT2D eigenvalue weighted by atomic mass is 10.2. The number of amides is 1. The lowest BCUT2D eigenvalue weighted by molar-refractivity contribution is -0.113. The zero-order chi connectivity index (χ0) is 13.0. The minimum atomic E-state index is -0.0334. The van der Waals surface area contributed by atoms with Crippen molar-refractivity contribution in [3.63, 3.8) is 0 Å². The van der Waals surface area contributed by atoms with Crippen LogP contribution in [-0.4, -0.2) is 27.5 Å². The molecule has 4 nitrogen and oxygen atoms in total. The van der Waals surface area contributed by atoms with Gasteiger partial charge in [-0.25, -0.2) is 4.98 Å². The molecule has 0 atom stereocenters. The highest BCUT2D eigenvalue weighted by atomic mass is 35.5. The van der Waals surface area contributed by atoms with Gasteiger partial charge in [0.1, 0.15) is 0 Å². The summed E-state index contributed by atoms with van der Waals surface area (Å²) in [6.45, 7) is 0. The summed E-state index contributed by atoms with van der Waals surface area (Å²) in [6.07, 6.45) is 7.06. The van der Waals surface area contributed by atoms with Gasteiger partial charge in [0.2, 0.25) is 5.91 Å². The lowest BCUT2D eigenvalue weighted by Crippen LogP contribution is -2.13. The van der Waals surface area contributed by atoms with Crippen LogP contribution in [0.5, 0.6) is 0 Å². The molecule has 0 aliphatic rings. The molecular formula is C12H12ClN3OS. The van der Waals surface area contributed by atoms with E-state index in [2.05, 4.69) is 10.3 Å². The summed E-state index contributed by atoms with van der Waals surface area (Å²) < 4.78 is 1.82. The van der Waals surface area contributed by atoms with Gasteiger partial charge in [-0.15, -0.1) is 0 Å². The largest absolute Gasteiger partial charge is 0.325 e. The Morgan fingerprint density at radius 3 is 3.00 bits per heavy atom. The fourth-order valence-corrected chi connectivity index (χ4v) is 2.14. The molecule has 0 saturated carbocycles. The Bertz CT molecular complexity index is 542. The number of imidazole rings is 1. The summed E-state index contributed by atoms with van der Waals surface area (Å²) in [5.41, 5.74) is 1.53. The second-order valence-electron chi connectivity index (χ2n) is 3.62. The van der Waals surface area contributed by atoms with E-state index < -0.39 is 0 Å². The lowest BCUT2D eigenvalue weighted by Gasteiger charge is -2.08. The molecular weight excluding hydrogens is 270 g/mol. The molecule has 0 aliphatic carbocycles. The average Bonchev–Trinajstić information content (AvgIpc) is 2.82. The molecule has 1 aromatic carbocycles. The van der Waals surface area contributed by atoms with E-state index in [-0.39, 0.29) is 5.91 Å². The number of hydrogen-bond donors (Lipinski definition) is 1. The van der Waals surface area contributed by atoms with Crippen LogP contribution in [0, 0.1) is 0 Å². The van der Waals surface area contributed by atoms with Gasteiger partial charge in [0.25, 0.3) is 0 Å². The molecule has 1 amide bonds. The Kier molecular flexibility index (Phi) is 4.28. The topological polar surface area (TPSA) is 46.9 Å². The van der Waals surface area contributed by atoms with Crippen LogP contribution < -0.4 is 5.32 Å². The molecule has 0 saturated heterocycles. The highest BCUT2D eigenvalue weighted by Crippen LogP contribution is 2.24. The molecule has 6 heteroatoms. The van der Waals surface area contributed by atoms with Gasteiger partial charge < -0.3 is 9.88 Å². The van der Waals surface area contributed by atoms with E-state index in [1.54, 1.807) is 18.6 Å². The van der Waals surface area contributed by atoms with Gasteiger partial charge in [-0.2, -0.15) is 11.8 Å². The summed E-state index contributed by atoms with van der Waals surface area (Å²) in [7, 11) is 0. The number of nitrogens with zero attached hydrogens (tertiary/aromatic N) is 2. The van der Waals surface area contributed by atoms with E-state index in [0.717, 1.165) is 5.69 Å². The minimum Gasteiger partial charge on any atom is -0.325 e. The van der Waals surface area contributed by atoms with Crippen molar-refractivity contribution in [2.24, 2.45) is 0 Å². The van der Waals surface area contributed by atoms with Crippen LogP contribution in [0.1, 0.15) is 0 Å². The molecule has 1 heterocycles. The second-order valence-corrected chi connectivity index (χ2v) is 4.89. The molecule has 0 unspecified atom stereocenters. The second kappa shape index (κ2) is 5.93. The van der Waals surface area contributed by atoms with E-state index in [0.29, 0.717) is 16.5 Å². The standard InChI is InChI=1S/C12H12ClN3OS/c1-18-7-12(17)15-9-2-3-11(10(13)6-9)16-5-4-14-8-16/h2-6,8H,7H2,1H3,(H,15,17). The maximum atomic E-state index is 11.4. The molecule has 94 valence electrons. The molecule has 0 aliphatic heterocycles. The summed E-state index contributed by atoms with van der Waals surface area (Å²) in [4.78, 5) is 15.4. The van der Waals surface area contributed by atoms with Crippen molar-refractivity contribution in [1.29, 1.82) is 0 Å². The van der Waals surface area contributed by atoms with Crippen LogP contribution in [0.3, 0.4) is 0 Å². The Hall–Kier alpha value is -1.46. The van der Waals surface area contributed by atoms with Crippen molar-refractivity contribution in [2.45, 2.75) is 0 Å². The molecule has 18 heavy (non-hydrogen) atoms. The first-order chi connectivity index (χ1) is 8.70. The van der Waals surface area contributed by atoms with Crippen molar-refractivity contribution < 1.29 is 4.79 Å². The van der Waals surface area contributed by atoms with Gasteiger partial charge in [0.05, 0.1) is 22.8 Å². The molecule has 1 aromatic heterocycles.